The summed E-state index contributed by atoms with van der Waals surface area (Å²) in [5.74, 6) is 0.247. The van der Waals surface area contributed by atoms with Crippen LogP contribution in [0.15, 0.2) is 29.3 Å². The molecule has 2 aliphatic rings. The molecule has 1 aliphatic carbocycles. The van der Waals surface area contributed by atoms with Gasteiger partial charge in [-0.05, 0) is 18.4 Å². The Hall–Kier alpha value is -1.84. The fourth-order valence-corrected chi connectivity index (χ4v) is 3.50. The highest BCUT2D eigenvalue weighted by Crippen LogP contribution is 2.43. The standard InChI is InChI=1S/C16H20N2O2/c1-18-11-10-17-14(18)12-6-2-3-7-13(12)16(15(19)20)8-4-5-9-16/h2-3,6-7H,4-5,8-11H2,1H3,(H,19,20). The van der Waals surface area contributed by atoms with E-state index in [0.717, 1.165) is 55.7 Å². The van der Waals surface area contributed by atoms with E-state index in [9.17, 15) is 9.90 Å². The molecular formula is C16H20N2O2. The molecule has 0 unspecified atom stereocenters. The molecule has 0 radical (unpaired) electrons. The number of hydrogen-bond acceptors (Lipinski definition) is 3. The van der Waals surface area contributed by atoms with Crippen LogP contribution < -0.4 is 0 Å². The average molecular weight is 272 g/mol. The maximum absolute atomic E-state index is 11.9. The molecule has 1 heterocycles. The average Bonchev–Trinajstić information content (AvgIpc) is 3.08. The molecule has 0 aromatic heterocycles. The Labute approximate surface area is 119 Å². The molecule has 1 saturated carbocycles. The summed E-state index contributed by atoms with van der Waals surface area (Å²) in [4.78, 5) is 18.6. The van der Waals surface area contributed by atoms with Crippen LogP contribution in [0.4, 0.5) is 0 Å². The third-order valence-corrected chi connectivity index (χ3v) is 4.61. The van der Waals surface area contributed by atoms with Gasteiger partial charge in [-0.15, -0.1) is 0 Å². The number of amidine groups is 1. The van der Waals surface area contributed by atoms with E-state index in [2.05, 4.69) is 9.89 Å². The summed E-state index contributed by atoms with van der Waals surface area (Å²) in [5.41, 5.74) is 1.22. The summed E-state index contributed by atoms with van der Waals surface area (Å²) in [6.07, 6.45) is 3.44. The zero-order valence-electron chi connectivity index (χ0n) is 11.8. The molecule has 20 heavy (non-hydrogen) atoms. The number of benzene rings is 1. The van der Waals surface area contributed by atoms with Gasteiger partial charge in [0, 0.05) is 19.2 Å². The maximum Gasteiger partial charge on any atom is 0.314 e. The number of rotatable bonds is 3. The van der Waals surface area contributed by atoms with Gasteiger partial charge in [0.15, 0.2) is 0 Å². The van der Waals surface area contributed by atoms with Crippen LogP contribution in [0.5, 0.6) is 0 Å². The number of aliphatic carboxylic acids is 1. The van der Waals surface area contributed by atoms with Gasteiger partial charge in [-0.1, -0.05) is 37.1 Å². The van der Waals surface area contributed by atoms with Gasteiger partial charge < -0.3 is 10.0 Å². The van der Waals surface area contributed by atoms with Gasteiger partial charge in [0.25, 0.3) is 0 Å². The van der Waals surface area contributed by atoms with Crippen molar-refractivity contribution < 1.29 is 9.90 Å². The lowest BCUT2D eigenvalue weighted by Crippen LogP contribution is -2.36. The highest BCUT2D eigenvalue weighted by atomic mass is 16.4. The van der Waals surface area contributed by atoms with Crippen molar-refractivity contribution in [3.05, 3.63) is 35.4 Å². The van der Waals surface area contributed by atoms with Crippen LogP contribution in [-0.2, 0) is 10.2 Å². The number of carbonyl (C=O) groups is 1. The molecule has 1 N–H and O–H groups in total. The van der Waals surface area contributed by atoms with E-state index < -0.39 is 11.4 Å². The Morgan fingerprint density at radius 2 is 2.00 bits per heavy atom. The van der Waals surface area contributed by atoms with Crippen LogP contribution in [-0.4, -0.2) is 41.9 Å². The minimum atomic E-state index is -0.720. The molecule has 1 aliphatic heterocycles. The first-order chi connectivity index (χ1) is 9.65. The predicted molar refractivity (Wildman–Crippen MR) is 78.3 cm³/mol. The fourth-order valence-electron chi connectivity index (χ4n) is 3.50. The number of carboxylic acids is 1. The third kappa shape index (κ3) is 1.90. The molecule has 4 heteroatoms. The normalized spacial score (nSPS) is 21.1. The Bertz CT molecular complexity index is 559. The van der Waals surface area contributed by atoms with E-state index in [1.165, 1.54) is 0 Å². The molecule has 1 aromatic rings. The van der Waals surface area contributed by atoms with Gasteiger partial charge in [0.1, 0.15) is 5.84 Å². The molecule has 4 nitrogen and oxygen atoms in total. The first kappa shape index (κ1) is 13.2. The monoisotopic (exact) mass is 272 g/mol. The molecule has 0 bridgehead atoms. The van der Waals surface area contributed by atoms with Crippen molar-refractivity contribution in [2.24, 2.45) is 4.99 Å². The minimum absolute atomic E-state index is 0.691. The predicted octanol–water partition coefficient (Wildman–Crippen LogP) is 2.28. The first-order valence-corrected chi connectivity index (χ1v) is 7.24. The van der Waals surface area contributed by atoms with Gasteiger partial charge in [0.2, 0.25) is 0 Å². The van der Waals surface area contributed by atoms with Crippen molar-refractivity contribution in [2.45, 2.75) is 31.1 Å². The van der Waals surface area contributed by atoms with Crippen LogP contribution in [0.2, 0.25) is 0 Å². The molecule has 0 atom stereocenters. The smallest absolute Gasteiger partial charge is 0.314 e. The first-order valence-electron chi connectivity index (χ1n) is 7.24. The van der Waals surface area contributed by atoms with Crippen molar-refractivity contribution >= 4 is 11.8 Å². The highest BCUT2D eigenvalue weighted by molar-refractivity contribution is 6.02. The van der Waals surface area contributed by atoms with Gasteiger partial charge >= 0.3 is 5.97 Å². The van der Waals surface area contributed by atoms with Gasteiger partial charge in [-0.3, -0.25) is 9.79 Å². The van der Waals surface area contributed by atoms with E-state index in [1.807, 2.05) is 31.3 Å². The highest BCUT2D eigenvalue weighted by Gasteiger charge is 2.44. The van der Waals surface area contributed by atoms with Crippen molar-refractivity contribution in [1.29, 1.82) is 0 Å². The number of carboxylic acid groups (broad SMARTS) is 1. The zero-order valence-corrected chi connectivity index (χ0v) is 11.8. The summed E-state index contributed by atoms with van der Waals surface area (Å²) in [6, 6.07) is 7.90. The van der Waals surface area contributed by atoms with Crippen LogP contribution in [0.3, 0.4) is 0 Å². The second-order valence-corrected chi connectivity index (χ2v) is 5.77. The van der Waals surface area contributed by atoms with Crippen LogP contribution in [0, 0.1) is 0 Å². The van der Waals surface area contributed by atoms with Gasteiger partial charge in [0.05, 0.1) is 12.0 Å². The largest absolute Gasteiger partial charge is 0.481 e. The quantitative estimate of drug-likeness (QED) is 0.918. The van der Waals surface area contributed by atoms with Crippen LogP contribution in [0.1, 0.15) is 36.8 Å². The Balaban J connectivity index is 2.12. The molecule has 0 saturated heterocycles. The van der Waals surface area contributed by atoms with Crippen molar-refractivity contribution in [1.82, 2.24) is 4.90 Å². The Morgan fingerprint density at radius 1 is 1.30 bits per heavy atom. The van der Waals surface area contributed by atoms with Crippen molar-refractivity contribution in [2.75, 3.05) is 20.1 Å². The summed E-state index contributed by atoms with van der Waals surface area (Å²) in [5, 5.41) is 9.80. The molecule has 0 spiro atoms. The zero-order chi connectivity index (χ0) is 14.2. The van der Waals surface area contributed by atoms with E-state index in [1.54, 1.807) is 0 Å². The van der Waals surface area contributed by atoms with Crippen LogP contribution >= 0.6 is 0 Å². The lowest BCUT2D eigenvalue weighted by atomic mass is 9.76. The second-order valence-electron chi connectivity index (χ2n) is 5.77. The maximum atomic E-state index is 11.9. The van der Waals surface area contributed by atoms with Gasteiger partial charge in [-0.25, -0.2) is 0 Å². The number of likely N-dealkylation sites (N-methyl/N-ethyl adjacent to an activating group) is 1. The summed E-state index contributed by atoms with van der Waals surface area (Å²) in [7, 11) is 2.02. The summed E-state index contributed by atoms with van der Waals surface area (Å²) in [6.45, 7) is 1.70. The molecule has 3 rings (SSSR count). The van der Waals surface area contributed by atoms with Crippen LogP contribution in [0.25, 0.3) is 0 Å². The lowest BCUT2D eigenvalue weighted by Gasteiger charge is -2.28. The van der Waals surface area contributed by atoms with E-state index >= 15 is 0 Å². The summed E-state index contributed by atoms with van der Waals surface area (Å²) >= 11 is 0. The summed E-state index contributed by atoms with van der Waals surface area (Å²) < 4.78 is 0. The van der Waals surface area contributed by atoms with Crippen molar-refractivity contribution in [3.63, 3.8) is 0 Å². The van der Waals surface area contributed by atoms with E-state index in [4.69, 9.17) is 0 Å². The van der Waals surface area contributed by atoms with Gasteiger partial charge in [-0.2, -0.15) is 0 Å². The molecule has 106 valence electrons. The number of hydrogen-bond donors (Lipinski definition) is 1. The lowest BCUT2D eigenvalue weighted by molar-refractivity contribution is -0.143. The molecule has 0 amide bonds. The molecular weight excluding hydrogens is 252 g/mol. The number of aliphatic imine (C=N–C) groups is 1. The van der Waals surface area contributed by atoms with E-state index in [-0.39, 0.29) is 0 Å². The third-order valence-electron chi connectivity index (χ3n) is 4.61. The van der Waals surface area contributed by atoms with E-state index in [0.29, 0.717) is 0 Å². The SMILES string of the molecule is CN1CCN=C1c1ccccc1C1(C(=O)O)CCCC1. The molecule has 1 fully saturated rings. The number of nitrogens with zero attached hydrogens (tertiary/aromatic N) is 2. The second kappa shape index (κ2) is 4.93. The fraction of sp³-hybridized carbons (Fsp3) is 0.500. The molecule has 1 aromatic carbocycles. The minimum Gasteiger partial charge on any atom is -0.481 e. The Kier molecular flexibility index (Phi) is 3.24. The topological polar surface area (TPSA) is 52.9 Å². The Morgan fingerprint density at radius 3 is 2.60 bits per heavy atom. The van der Waals surface area contributed by atoms with Crippen molar-refractivity contribution in [3.8, 4) is 0 Å².